The number of rotatable bonds is 23. The molecule has 16 nitrogen and oxygen atoms in total. The van der Waals surface area contributed by atoms with E-state index in [-0.39, 0.29) is 44.4 Å². The lowest BCUT2D eigenvalue weighted by Gasteiger charge is -2.33. The van der Waals surface area contributed by atoms with E-state index >= 15 is 0 Å². The van der Waals surface area contributed by atoms with Crippen LogP contribution >= 0.6 is 0 Å². The van der Waals surface area contributed by atoms with E-state index in [0.29, 0.717) is 30.3 Å². The molecular formula is C37H59N7O9. The zero-order valence-corrected chi connectivity index (χ0v) is 32.2. The molecule has 0 spiro atoms. The third-order valence-electron chi connectivity index (χ3n) is 8.24. The monoisotopic (exact) mass is 745 g/mol. The van der Waals surface area contributed by atoms with E-state index in [1.54, 1.807) is 45.9 Å². The Bertz CT molecular complexity index is 1410. The lowest BCUT2D eigenvalue weighted by atomic mass is 9.98. The Morgan fingerprint density at radius 2 is 1.25 bits per heavy atom. The lowest BCUT2D eigenvalue weighted by Crippen LogP contribution is -2.60. The highest BCUT2D eigenvalue weighted by molar-refractivity contribution is 5.88. The number of urea groups is 2. The molecule has 7 N–H and O–H groups in total. The van der Waals surface area contributed by atoms with Crippen LogP contribution in [0.25, 0.3) is 0 Å². The van der Waals surface area contributed by atoms with Gasteiger partial charge in [-0.25, -0.2) is 14.6 Å². The molecule has 0 bridgehead atoms. The number of carbonyl (C=O) groups excluding carboxylic acids is 4. The molecule has 0 saturated heterocycles. The third-order valence-corrected chi connectivity index (χ3v) is 8.24. The first-order chi connectivity index (χ1) is 25.3. The van der Waals surface area contributed by atoms with Crippen molar-refractivity contribution in [3.05, 3.63) is 59.7 Å². The summed E-state index contributed by atoms with van der Waals surface area (Å²) in [5.41, 5.74) is 4.45. The van der Waals surface area contributed by atoms with Gasteiger partial charge in [-0.15, -0.1) is 0 Å². The van der Waals surface area contributed by atoms with E-state index in [9.17, 15) is 24.3 Å². The third kappa shape index (κ3) is 15.9. The Labute approximate surface area is 313 Å². The Kier molecular flexibility index (Phi) is 20.0. The SMILES string of the molecule is COCCNC(=O)N[C@H](C(=O)N[C@@H](Cc1ccccc1)[C@@H](O)CN(Cc1ccc(OC)c(OC)c1)NC(=O)[C@@H](NC(=O)NCCOC)C(C)C)C(C)C. The number of aliphatic hydroxyl groups excluding tert-OH is 1. The smallest absolute Gasteiger partial charge is 0.315 e. The molecular weight excluding hydrogens is 686 g/mol. The Morgan fingerprint density at radius 1 is 0.698 bits per heavy atom. The summed E-state index contributed by atoms with van der Waals surface area (Å²) < 4.78 is 20.8. The van der Waals surface area contributed by atoms with Crippen molar-refractivity contribution in [2.75, 3.05) is 61.3 Å². The van der Waals surface area contributed by atoms with Crippen LogP contribution in [0.1, 0.15) is 38.8 Å². The molecule has 2 aromatic rings. The fourth-order valence-electron chi connectivity index (χ4n) is 5.34. The number of ether oxygens (including phenoxy) is 4. The van der Waals surface area contributed by atoms with Gasteiger partial charge < -0.3 is 50.6 Å². The summed E-state index contributed by atoms with van der Waals surface area (Å²) in [6.45, 7) is 8.31. The molecule has 0 aliphatic heterocycles. The molecule has 53 heavy (non-hydrogen) atoms. The molecule has 0 fully saturated rings. The van der Waals surface area contributed by atoms with Crippen LogP contribution in [0.3, 0.4) is 0 Å². The Hall–Kier alpha value is -4.64. The average molecular weight is 746 g/mol. The number of amides is 6. The van der Waals surface area contributed by atoms with Crippen LogP contribution in [-0.4, -0.2) is 120 Å². The standard InChI is InChI=1S/C37H59N7O9/c1-24(2)32(41-36(48)38-16-18-50-5)34(46)40-28(20-26-12-10-9-11-13-26)29(45)23-44(22-27-14-15-30(52-7)31(21-27)53-8)43-35(47)33(25(3)4)42-37(49)39-17-19-51-6/h9-15,21,24-25,28-29,32-33,45H,16-20,22-23H2,1-8H3,(H,40,46)(H,43,47)(H2,38,41,48)(H2,39,42,49)/t28-,29-,32-,33-/m0/s1. The fourth-order valence-corrected chi connectivity index (χ4v) is 5.34. The van der Waals surface area contributed by atoms with Gasteiger partial charge in [0.05, 0.1) is 39.6 Å². The van der Waals surface area contributed by atoms with Gasteiger partial charge in [-0.3, -0.25) is 15.0 Å². The summed E-state index contributed by atoms with van der Waals surface area (Å²) in [5, 5.41) is 27.1. The molecule has 0 heterocycles. The molecule has 0 radical (unpaired) electrons. The summed E-state index contributed by atoms with van der Waals surface area (Å²) >= 11 is 0. The van der Waals surface area contributed by atoms with Crippen molar-refractivity contribution in [1.82, 2.24) is 37.0 Å². The summed E-state index contributed by atoms with van der Waals surface area (Å²) in [7, 11) is 6.08. The van der Waals surface area contributed by atoms with E-state index in [0.717, 1.165) is 5.56 Å². The molecule has 0 unspecified atom stereocenters. The molecule has 0 aromatic heterocycles. The minimum Gasteiger partial charge on any atom is -0.493 e. The predicted molar refractivity (Wildman–Crippen MR) is 200 cm³/mol. The molecule has 2 rings (SSSR count). The maximum Gasteiger partial charge on any atom is 0.315 e. The van der Waals surface area contributed by atoms with Gasteiger partial charge in [0.25, 0.3) is 5.91 Å². The number of aliphatic hydroxyl groups is 1. The van der Waals surface area contributed by atoms with Crippen LogP contribution < -0.4 is 41.5 Å². The molecule has 4 atom stereocenters. The number of nitrogens with zero attached hydrogens (tertiary/aromatic N) is 1. The first-order valence-electron chi connectivity index (χ1n) is 17.7. The fraction of sp³-hybridized carbons (Fsp3) is 0.568. The van der Waals surface area contributed by atoms with Gasteiger partial charge in [0.2, 0.25) is 5.91 Å². The molecule has 296 valence electrons. The van der Waals surface area contributed by atoms with E-state index in [1.165, 1.54) is 33.4 Å². The van der Waals surface area contributed by atoms with E-state index in [4.69, 9.17) is 18.9 Å². The van der Waals surface area contributed by atoms with Crippen LogP contribution in [0, 0.1) is 11.8 Å². The number of nitrogens with one attached hydrogen (secondary N) is 6. The topological polar surface area (TPSA) is 201 Å². The van der Waals surface area contributed by atoms with Crippen LogP contribution in [0.5, 0.6) is 11.5 Å². The van der Waals surface area contributed by atoms with Crippen molar-refractivity contribution in [2.24, 2.45) is 11.8 Å². The number of hydrogen-bond donors (Lipinski definition) is 7. The van der Waals surface area contributed by atoms with E-state index < -0.39 is 48.1 Å². The van der Waals surface area contributed by atoms with Crippen molar-refractivity contribution >= 4 is 23.9 Å². The van der Waals surface area contributed by atoms with Gasteiger partial charge in [-0.05, 0) is 41.5 Å². The van der Waals surface area contributed by atoms with Gasteiger partial charge in [-0.1, -0.05) is 64.1 Å². The van der Waals surface area contributed by atoms with Crippen molar-refractivity contribution in [2.45, 2.75) is 64.9 Å². The average Bonchev–Trinajstić information content (AvgIpc) is 3.12. The van der Waals surface area contributed by atoms with Crippen molar-refractivity contribution in [3.63, 3.8) is 0 Å². The predicted octanol–water partition coefficient (Wildman–Crippen LogP) is 1.57. The first-order valence-corrected chi connectivity index (χ1v) is 17.7. The Morgan fingerprint density at radius 3 is 1.75 bits per heavy atom. The Balaban J connectivity index is 2.42. The minimum absolute atomic E-state index is 0.109. The number of carbonyl (C=O) groups is 4. The molecule has 0 aliphatic rings. The van der Waals surface area contributed by atoms with Gasteiger partial charge in [-0.2, -0.15) is 0 Å². The molecule has 6 amide bonds. The number of benzene rings is 2. The van der Waals surface area contributed by atoms with Crippen molar-refractivity contribution in [1.29, 1.82) is 0 Å². The second-order valence-electron chi connectivity index (χ2n) is 13.1. The lowest BCUT2D eigenvalue weighted by molar-refractivity contribution is -0.131. The number of methoxy groups -OCH3 is 4. The molecule has 0 aliphatic carbocycles. The van der Waals surface area contributed by atoms with Crippen LogP contribution in [0.2, 0.25) is 0 Å². The van der Waals surface area contributed by atoms with E-state index in [2.05, 4.69) is 32.0 Å². The highest BCUT2D eigenvalue weighted by Crippen LogP contribution is 2.28. The zero-order chi connectivity index (χ0) is 39.3. The van der Waals surface area contributed by atoms with Gasteiger partial charge in [0, 0.05) is 40.4 Å². The van der Waals surface area contributed by atoms with Crippen molar-refractivity contribution < 1.29 is 43.2 Å². The maximum atomic E-state index is 13.8. The van der Waals surface area contributed by atoms with Crippen molar-refractivity contribution in [3.8, 4) is 11.5 Å². The van der Waals surface area contributed by atoms with Crippen LogP contribution in [-0.2, 0) is 32.0 Å². The van der Waals surface area contributed by atoms with Gasteiger partial charge >= 0.3 is 12.1 Å². The number of hydrazine groups is 1. The van der Waals surface area contributed by atoms with Gasteiger partial charge in [0.1, 0.15) is 12.1 Å². The normalized spacial score (nSPS) is 13.4. The van der Waals surface area contributed by atoms with Crippen LogP contribution in [0.15, 0.2) is 48.5 Å². The quantitative estimate of drug-likeness (QED) is 0.0647. The minimum atomic E-state index is -1.23. The van der Waals surface area contributed by atoms with Crippen LogP contribution in [0.4, 0.5) is 9.59 Å². The summed E-state index contributed by atoms with van der Waals surface area (Å²) in [4.78, 5) is 52.7. The first kappa shape index (κ1) is 44.5. The largest absolute Gasteiger partial charge is 0.493 e. The highest BCUT2D eigenvalue weighted by Gasteiger charge is 2.32. The summed E-state index contributed by atoms with van der Waals surface area (Å²) in [6.07, 6.45) is -0.986. The summed E-state index contributed by atoms with van der Waals surface area (Å²) in [5.74, 6) is -0.595. The van der Waals surface area contributed by atoms with Gasteiger partial charge in [0.15, 0.2) is 11.5 Å². The zero-order valence-electron chi connectivity index (χ0n) is 32.2. The molecule has 0 saturated carbocycles. The second kappa shape index (κ2) is 23.8. The summed E-state index contributed by atoms with van der Waals surface area (Å²) in [6, 6.07) is 10.9. The highest BCUT2D eigenvalue weighted by atomic mass is 16.5. The second-order valence-corrected chi connectivity index (χ2v) is 13.1. The van der Waals surface area contributed by atoms with E-state index in [1.807, 2.05) is 30.3 Å². The molecule has 16 heteroatoms. The maximum absolute atomic E-state index is 13.8. The molecule has 2 aromatic carbocycles. The number of hydrogen-bond acceptors (Lipinski definition) is 10.